The molecule has 0 radical (unpaired) electrons. The topological polar surface area (TPSA) is 45.1 Å². The third-order valence-corrected chi connectivity index (χ3v) is 5.47. The molecule has 3 heterocycles. The minimum Gasteiger partial charge on any atom is -0.368 e. The van der Waals surface area contributed by atoms with Gasteiger partial charge in [0.1, 0.15) is 0 Å². The molecule has 24 heavy (non-hydrogen) atoms. The fraction of sp³-hybridized carbons (Fsp3) is 0.632. The average Bonchev–Trinajstić information content (AvgIpc) is 2.91. The van der Waals surface area contributed by atoms with Gasteiger partial charge in [0.05, 0.1) is 11.2 Å². The van der Waals surface area contributed by atoms with E-state index in [1.807, 2.05) is 0 Å². The van der Waals surface area contributed by atoms with Crippen LogP contribution in [0.4, 0.5) is 5.69 Å². The molecule has 2 aromatic rings. The van der Waals surface area contributed by atoms with Gasteiger partial charge >= 0.3 is 0 Å². The van der Waals surface area contributed by atoms with E-state index in [4.69, 9.17) is 5.10 Å². The van der Waals surface area contributed by atoms with Crippen molar-refractivity contribution in [2.24, 2.45) is 7.05 Å². The van der Waals surface area contributed by atoms with Crippen molar-refractivity contribution in [3.63, 3.8) is 0 Å². The van der Waals surface area contributed by atoms with Gasteiger partial charge in [0, 0.05) is 55.8 Å². The molecule has 0 amide bonds. The molecular formula is C19H29N5. The van der Waals surface area contributed by atoms with Gasteiger partial charge in [-0.15, -0.1) is 0 Å². The summed E-state index contributed by atoms with van der Waals surface area (Å²) in [5, 5.41) is 13.3. The van der Waals surface area contributed by atoms with Gasteiger partial charge in [-0.2, -0.15) is 5.10 Å². The first-order valence-corrected chi connectivity index (χ1v) is 9.30. The van der Waals surface area contributed by atoms with Crippen LogP contribution >= 0.6 is 0 Å². The second-order valence-electron chi connectivity index (χ2n) is 7.63. The minimum atomic E-state index is 0.528. The first kappa shape index (κ1) is 15.9. The molecule has 2 aliphatic rings. The van der Waals surface area contributed by atoms with Gasteiger partial charge in [-0.3, -0.25) is 4.68 Å². The summed E-state index contributed by atoms with van der Waals surface area (Å²) >= 11 is 0. The number of hydrogen-bond acceptors (Lipinski definition) is 4. The molecule has 2 N–H and O–H groups in total. The molecule has 2 fully saturated rings. The van der Waals surface area contributed by atoms with Crippen LogP contribution in [0.2, 0.25) is 0 Å². The largest absolute Gasteiger partial charge is 0.368 e. The Bertz CT molecular complexity index is 706. The van der Waals surface area contributed by atoms with E-state index in [0.29, 0.717) is 18.0 Å². The SMILES string of the molecule is C[C@H]1CN(c2ccc3c(C4CCCNC4)nn(C)c3c2)C[C@H](C)N1. The number of piperidine rings is 1. The number of fused-ring (bicyclic) bond motifs is 1. The van der Waals surface area contributed by atoms with Crippen LogP contribution in [0.5, 0.6) is 0 Å². The van der Waals surface area contributed by atoms with E-state index in [-0.39, 0.29) is 0 Å². The number of nitrogens with zero attached hydrogens (tertiary/aromatic N) is 3. The highest BCUT2D eigenvalue weighted by Crippen LogP contribution is 2.31. The maximum Gasteiger partial charge on any atom is 0.0746 e. The quantitative estimate of drug-likeness (QED) is 0.888. The van der Waals surface area contributed by atoms with Crippen LogP contribution in [-0.2, 0) is 7.05 Å². The highest BCUT2D eigenvalue weighted by Gasteiger charge is 2.24. The predicted molar refractivity (Wildman–Crippen MR) is 99.8 cm³/mol. The lowest BCUT2D eigenvalue weighted by Crippen LogP contribution is -2.54. The van der Waals surface area contributed by atoms with Crippen molar-refractivity contribution >= 4 is 16.6 Å². The van der Waals surface area contributed by atoms with E-state index in [2.05, 4.69) is 59.3 Å². The summed E-state index contributed by atoms with van der Waals surface area (Å²) in [7, 11) is 2.08. The third kappa shape index (κ3) is 2.91. The van der Waals surface area contributed by atoms with Crippen molar-refractivity contribution in [1.29, 1.82) is 0 Å². The van der Waals surface area contributed by atoms with Crippen LogP contribution < -0.4 is 15.5 Å². The van der Waals surface area contributed by atoms with Gasteiger partial charge in [0.15, 0.2) is 0 Å². The molecule has 1 unspecified atom stereocenters. The summed E-state index contributed by atoms with van der Waals surface area (Å²) in [6.07, 6.45) is 2.49. The summed E-state index contributed by atoms with van der Waals surface area (Å²) in [5.41, 5.74) is 3.85. The van der Waals surface area contributed by atoms with Gasteiger partial charge in [-0.1, -0.05) is 0 Å². The Labute approximate surface area is 144 Å². The van der Waals surface area contributed by atoms with Crippen molar-refractivity contribution < 1.29 is 0 Å². The lowest BCUT2D eigenvalue weighted by Gasteiger charge is -2.37. The van der Waals surface area contributed by atoms with Crippen molar-refractivity contribution in [2.75, 3.05) is 31.1 Å². The lowest BCUT2D eigenvalue weighted by molar-refractivity contribution is 0.407. The Morgan fingerprint density at radius 3 is 2.67 bits per heavy atom. The van der Waals surface area contributed by atoms with Crippen LogP contribution in [0.15, 0.2) is 18.2 Å². The lowest BCUT2D eigenvalue weighted by atomic mass is 9.94. The molecule has 130 valence electrons. The number of hydrogen-bond donors (Lipinski definition) is 2. The molecule has 2 aliphatic heterocycles. The number of rotatable bonds is 2. The van der Waals surface area contributed by atoms with Crippen LogP contribution in [-0.4, -0.2) is 48.0 Å². The highest BCUT2D eigenvalue weighted by atomic mass is 15.3. The van der Waals surface area contributed by atoms with E-state index < -0.39 is 0 Å². The van der Waals surface area contributed by atoms with E-state index in [9.17, 15) is 0 Å². The minimum absolute atomic E-state index is 0.528. The number of aryl methyl sites for hydroxylation is 1. The van der Waals surface area contributed by atoms with Crippen molar-refractivity contribution in [1.82, 2.24) is 20.4 Å². The molecule has 0 saturated carbocycles. The summed E-state index contributed by atoms with van der Waals surface area (Å²) < 4.78 is 2.07. The fourth-order valence-electron chi connectivity index (χ4n) is 4.39. The van der Waals surface area contributed by atoms with Crippen LogP contribution in [0, 0.1) is 0 Å². The summed E-state index contributed by atoms with van der Waals surface area (Å²) in [6.45, 7) is 8.85. The molecule has 0 bridgehead atoms. The predicted octanol–water partition coefficient (Wildman–Crippen LogP) is 2.23. The van der Waals surface area contributed by atoms with Crippen LogP contribution in [0.25, 0.3) is 10.9 Å². The molecule has 3 atom stereocenters. The van der Waals surface area contributed by atoms with Gasteiger partial charge in [0.25, 0.3) is 0 Å². The Morgan fingerprint density at radius 1 is 1.17 bits per heavy atom. The van der Waals surface area contributed by atoms with Gasteiger partial charge in [0.2, 0.25) is 0 Å². The van der Waals surface area contributed by atoms with Crippen molar-refractivity contribution in [2.45, 2.75) is 44.7 Å². The van der Waals surface area contributed by atoms with Crippen LogP contribution in [0.3, 0.4) is 0 Å². The first-order valence-electron chi connectivity index (χ1n) is 9.30. The Kier molecular flexibility index (Phi) is 4.22. The maximum absolute atomic E-state index is 4.88. The molecule has 1 aromatic carbocycles. The molecule has 0 aliphatic carbocycles. The van der Waals surface area contributed by atoms with E-state index >= 15 is 0 Å². The van der Waals surface area contributed by atoms with Gasteiger partial charge in [-0.25, -0.2) is 0 Å². The van der Waals surface area contributed by atoms with E-state index in [0.717, 1.165) is 26.2 Å². The Hall–Kier alpha value is -1.59. The normalized spacial score (nSPS) is 28.5. The number of anilines is 1. The zero-order chi connectivity index (χ0) is 16.7. The van der Waals surface area contributed by atoms with E-state index in [1.165, 1.54) is 35.1 Å². The molecule has 5 heteroatoms. The average molecular weight is 327 g/mol. The number of benzene rings is 1. The molecular weight excluding hydrogens is 298 g/mol. The second-order valence-corrected chi connectivity index (χ2v) is 7.63. The fourth-order valence-corrected chi connectivity index (χ4v) is 4.39. The summed E-state index contributed by atoms with van der Waals surface area (Å²) in [4.78, 5) is 2.50. The van der Waals surface area contributed by atoms with Crippen LogP contribution in [0.1, 0.15) is 38.3 Å². The number of nitrogens with one attached hydrogen (secondary N) is 2. The molecule has 5 nitrogen and oxygen atoms in total. The smallest absolute Gasteiger partial charge is 0.0746 e. The summed E-state index contributed by atoms with van der Waals surface area (Å²) in [6, 6.07) is 7.96. The third-order valence-electron chi connectivity index (χ3n) is 5.47. The zero-order valence-corrected chi connectivity index (χ0v) is 15.0. The van der Waals surface area contributed by atoms with Gasteiger partial charge in [-0.05, 0) is 51.4 Å². The number of aromatic nitrogens is 2. The Balaban J connectivity index is 1.67. The van der Waals surface area contributed by atoms with Crippen molar-refractivity contribution in [3.8, 4) is 0 Å². The highest BCUT2D eigenvalue weighted by molar-refractivity contribution is 5.86. The summed E-state index contributed by atoms with van der Waals surface area (Å²) in [5.74, 6) is 0.549. The van der Waals surface area contributed by atoms with Crippen molar-refractivity contribution in [3.05, 3.63) is 23.9 Å². The molecule has 2 saturated heterocycles. The second kappa shape index (κ2) is 6.37. The molecule has 1 aromatic heterocycles. The first-order chi connectivity index (χ1) is 11.6. The molecule has 4 rings (SSSR count). The number of piperazine rings is 1. The standard InChI is InChI=1S/C19H29N5/c1-13-11-24(12-14(2)21-13)16-6-7-17-18(9-16)23(3)22-19(17)15-5-4-8-20-10-15/h6-7,9,13-15,20-21H,4-5,8,10-12H2,1-3H3/t13-,14-,15?/m0/s1. The van der Waals surface area contributed by atoms with E-state index in [1.54, 1.807) is 0 Å². The van der Waals surface area contributed by atoms with Gasteiger partial charge < -0.3 is 15.5 Å². The maximum atomic E-state index is 4.88. The monoisotopic (exact) mass is 327 g/mol. The Morgan fingerprint density at radius 2 is 1.96 bits per heavy atom. The zero-order valence-electron chi connectivity index (χ0n) is 15.0. The molecule has 0 spiro atoms.